The molecule has 24 heteroatoms. The Kier molecular flexibility index (Phi) is 11.6. The van der Waals surface area contributed by atoms with Gasteiger partial charge in [0.15, 0.2) is 23.0 Å². The molecule has 6 N–H and O–H groups in total. The van der Waals surface area contributed by atoms with Crippen molar-refractivity contribution in [1.29, 1.82) is 0 Å². The molecule has 0 aliphatic carbocycles. The Labute approximate surface area is 402 Å². The number of hydrogen-bond acceptors (Lipinski definition) is 18. The van der Waals surface area contributed by atoms with Gasteiger partial charge in [-0.2, -0.15) is 0 Å². The summed E-state index contributed by atoms with van der Waals surface area (Å²) < 4.78 is 21.5. The molecule has 2 aliphatic rings. The number of nitro benzene ring substituents is 4. The highest BCUT2D eigenvalue weighted by Crippen LogP contribution is 2.48. The van der Waals surface area contributed by atoms with E-state index < -0.39 is 65.4 Å². The maximum atomic E-state index is 12.4. The molecule has 0 unspecified atom stereocenters. The van der Waals surface area contributed by atoms with Gasteiger partial charge in [-0.15, -0.1) is 0 Å². The third-order valence-corrected chi connectivity index (χ3v) is 11.8. The average Bonchev–Trinajstić information content (AvgIpc) is 4.21. The summed E-state index contributed by atoms with van der Waals surface area (Å²) >= 11 is 0. The van der Waals surface area contributed by atoms with E-state index in [0.29, 0.717) is 0 Å². The van der Waals surface area contributed by atoms with Gasteiger partial charge in [-0.25, -0.2) is 9.97 Å². The number of ether oxygens (including phenoxy) is 4. The summed E-state index contributed by atoms with van der Waals surface area (Å²) in [6.07, 6.45) is 6.20. The van der Waals surface area contributed by atoms with Crippen LogP contribution in [0.2, 0.25) is 0 Å². The SMILES string of the molecule is COc1cc(-c2c3nc(c(-c4cc(OC)c(O)c([N+](=O)[O-])c4)c4ccc([nH]4)c(-c4cc(OC)c(O)c([N+](=O)[O-])c4)c4nc(c(-c5cc(OC)c(O)c([N+](=O)[O-])c5)c5ccc2[nH]5)C=C4)C=C3)cc([N+](=O)[O-])c1O. The number of aromatic amines is 2. The van der Waals surface area contributed by atoms with Crippen LogP contribution in [-0.4, -0.2) is 88.5 Å². The van der Waals surface area contributed by atoms with Gasteiger partial charge in [0.05, 0.1) is 70.9 Å². The number of H-pyrrole nitrogens is 2. The number of fused-ring (bicyclic) bond motifs is 8. The van der Waals surface area contributed by atoms with Crippen LogP contribution in [0.1, 0.15) is 22.8 Å². The van der Waals surface area contributed by atoms with Crippen molar-refractivity contribution < 1.29 is 59.1 Å². The number of nitrogens with one attached hydrogen (secondary N) is 2. The third kappa shape index (κ3) is 7.80. The molecule has 3 aromatic heterocycles. The second kappa shape index (κ2) is 17.9. The van der Waals surface area contributed by atoms with E-state index in [9.17, 15) is 60.9 Å². The van der Waals surface area contributed by atoms with Gasteiger partial charge in [0.1, 0.15) is 0 Å². The lowest BCUT2D eigenvalue weighted by Crippen LogP contribution is -1.96. The highest BCUT2D eigenvalue weighted by atomic mass is 16.6. The molecule has 4 aromatic carbocycles. The number of benzene rings is 4. The van der Waals surface area contributed by atoms with Gasteiger partial charge in [-0.3, -0.25) is 40.5 Å². The molecule has 8 bridgehead atoms. The first-order chi connectivity index (χ1) is 34.5. The molecule has 2 aliphatic heterocycles. The van der Waals surface area contributed by atoms with E-state index in [0.717, 1.165) is 24.3 Å². The van der Waals surface area contributed by atoms with Gasteiger partial charge in [-0.1, -0.05) is 0 Å². The average molecular weight is 979 g/mol. The van der Waals surface area contributed by atoms with Gasteiger partial charge in [0.25, 0.3) is 0 Å². The largest absolute Gasteiger partial charge is 0.500 e. The van der Waals surface area contributed by atoms with Crippen molar-refractivity contribution in [1.82, 2.24) is 19.9 Å². The lowest BCUT2D eigenvalue weighted by Gasteiger charge is -2.11. The predicted octanol–water partition coefficient (Wildman–Crippen LogP) is 9.81. The maximum Gasteiger partial charge on any atom is 0.315 e. The highest BCUT2D eigenvalue weighted by Gasteiger charge is 2.29. The van der Waals surface area contributed by atoms with Crippen molar-refractivity contribution in [2.75, 3.05) is 28.4 Å². The van der Waals surface area contributed by atoms with Crippen LogP contribution >= 0.6 is 0 Å². The Morgan fingerprint density at radius 1 is 0.389 bits per heavy atom. The molecule has 0 spiro atoms. The molecule has 72 heavy (non-hydrogen) atoms. The molecule has 0 atom stereocenters. The summed E-state index contributed by atoms with van der Waals surface area (Å²) in [5.41, 5.74) is -0.478. The lowest BCUT2D eigenvalue weighted by molar-refractivity contribution is -0.386. The number of aromatic nitrogens is 4. The van der Waals surface area contributed by atoms with Gasteiger partial charge in [0, 0.05) is 68.6 Å². The summed E-state index contributed by atoms with van der Waals surface area (Å²) in [5.74, 6) is -4.18. The smallest absolute Gasteiger partial charge is 0.315 e. The molecule has 0 saturated heterocycles. The van der Waals surface area contributed by atoms with Crippen LogP contribution in [0.3, 0.4) is 0 Å². The van der Waals surface area contributed by atoms with Crippen LogP contribution in [0.25, 0.3) is 90.9 Å². The van der Waals surface area contributed by atoms with Gasteiger partial charge in [0.2, 0.25) is 23.0 Å². The molecule has 0 fully saturated rings. The molecule has 7 aromatic rings. The monoisotopic (exact) mass is 978 g/mol. The molecular formula is C48H34N8O16. The molecule has 0 saturated carbocycles. The first kappa shape index (κ1) is 46.6. The number of aromatic hydroxyl groups is 4. The number of hydrogen-bond donors (Lipinski definition) is 6. The van der Waals surface area contributed by atoms with Crippen LogP contribution < -0.4 is 18.9 Å². The van der Waals surface area contributed by atoms with E-state index in [-0.39, 0.29) is 112 Å². The molecular weight excluding hydrogens is 945 g/mol. The third-order valence-electron chi connectivity index (χ3n) is 11.8. The molecule has 5 heterocycles. The first-order valence-corrected chi connectivity index (χ1v) is 20.9. The van der Waals surface area contributed by atoms with E-state index in [1.807, 2.05) is 0 Å². The second-order valence-corrected chi connectivity index (χ2v) is 15.7. The maximum absolute atomic E-state index is 12.4. The van der Waals surface area contributed by atoms with Crippen molar-refractivity contribution in [3.63, 3.8) is 0 Å². The first-order valence-electron chi connectivity index (χ1n) is 20.9. The number of phenolic OH excluding ortho intramolecular Hbond substituents is 4. The fourth-order valence-electron chi connectivity index (χ4n) is 8.55. The minimum Gasteiger partial charge on any atom is -0.500 e. The predicted molar refractivity (Wildman–Crippen MR) is 260 cm³/mol. The molecule has 9 rings (SSSR count). The summed E-state index contributed by atoms with van der Waals surface area (Å²) in [6.45, 7) is 0. The Hall–Kier alpha value is -10.5. The van der Waals surface area contributed by atoms with Crippen LogP contribution in [0.15, 0.2) is 72.8 Å². The lowest BCUT2D eigenvalue weighted by atomic mass is 10.0. The van der Waals surface area contributed by atoms with Crippen molar-refractivity contribution in [2.45, 2.75) is 0 Å². The van der Waals surface area contributed by atoms with Gasteiger partial charge >= 0.3 is 22.7 Å². The van der Waals surface area contributed by atoms with E-state index >= 15 is 0 Å². The van der Waals surface area contributed by atoms with Crippen LogP contribution in [0.4, 0.5) is 22.7 Å². The quantitative estimate of drug-likeness (QED) is 0.0489. The summed E-state index contributed by atoms with van der Waals surface area (Å²) in [5, 5.41) is 92.9. The Bertz CT molecular complexity index is 3310. The van der Waals surface area contributed by atoms with Gasteiger partial charge in [-0.05, 0) is 95.1 Å². The van der Waals surface area contributed by atoms with Crippen molar-refractivity contribution >= 4 is 69.1 Å². The van der Waals surface area contributed by atoms with E-state index in [2.05, 4.69) is 9.97 Å². The fraction of sp³-hybridized carbons (Fsp3) is 0.0833. The molecule has 0 radical (unpaired) electrons. The van der Waals surface area contributed by atoms with Crippen LogP contribution in [0.5, 0.6) is 46.0 Å². The normalized spacial score (nSPS) is 11.6. The van der Waals surface area contributed by atoms with Crippen molar-refractivity contribution in [3.05, 3.63) is 136 Å². The van der Waals surface area contributed by atoms with Gasteiger partial charge < -0.3 is 49.3 Å². The van der Waals surface area contributed by atoms with Crippen LogP contribution in [-0.2, 0) is 0 Å². The molecule has 362 valence electrons. The number of nitro groups is 4. The number of rotatable bonds is 12. The summed E-state index contributed by atoms with van der Waals surface area (Å²) in [7, 11) is 4.80. The van der Waals surface area contributed by atoms with Crippen molar-refractivity contribution in [3.8, 4) is 90.5 Å². The minimum absolute atomic E-state index is 0.0936. The summed E-state index contributed by atoms with van der Waals surface area (Å²) in [6, 6.07) is 16.0. The highest BCUT2D eigenvalue weighted by molar-refractivity contribution is 6.01. The zero-order valence-electron chi connectivity index (χ0n) is 37.6. The Morgan fingerprint density at radius 2 is 0.597 bits per heavy atom. The zero-order valence-corrected chi connectivity index (χ0v) is 37.6. The Morgan fingerprint density at radius 3 is 0.778 bits per heavy atom. The molecule has 24 nitrogen and oxygen atoms in total. The number of nitrogens with zero attached hydrogens (tertiary/aromatic N) is 6. The number of phenols is 4. The van der Waals surface area contributed by atoms with E-state index in [1.165, 1.54) is 52.7 Å². The second-order valence-electron chi connectivity index (χ2n) is 15.7. The zero-order chi connectivity index (χ0) is 51.4. The summed E-state index contributed by atoms with van der Waals surface area (Å²) in [4.78, 5) is 62.9. The van der Waals surface area contributed by atoms with E-state index in [1.54, 1.807) is 48.6 Å². The standard InChI is InChI=1S/C48H34N8O16/c1-69-37-17-21(13-33(45(37)57)53(61)62)41-25-5-7-27(49-25)42(22-14-34(54(63)64)46(58)38(18-22)70-2)29-9-11-31(51-29)44(24-16-36(56(67)68)48(60)40(20-24)72-4)32-12-10-30(52-32)43(28-8-6-26(41)50-28)23-15-35(55(65)66)47(59)39(19-23)71-3/h5-20,49,52,57-60H,1-4H3. The van der Waals surface area contributed by atoms with E-state index in [4.69, 9.17) is 28.9 Å². The van der Waals surface area contributed by atoms with Crippen LogP contribution in [0, 0.1) is 40.5 Å². The Balaban J connectivity index is 1.54. The molecule has 0 amide bonds. The fourth-order valence-corrected chi connectivity index (χ4v) is 8.55. The topological polar surface area (TPSA) is 348 Å². The van der Waals surface area contributed by atoms with Crippen molar-refractivity contribution in [2.24, 2.45) is 0 Å². The number of methoxy groups -OCH3 is 4. The minimum atomic E-state index is -0.811.